The summed E-state index contributed by atoms with van der Waals surface area (Å²) in [6, 6.07) is 17.2. The van der Waals surface area contributed by atoms with E-state index in [9.17, 15) is 4.79 Å². The Morgan fingerprint density at radius 3 is 2.65 bits per heavy atom. The smallest absolute Gasteiger partial charge is 0.228 e. The third kappa shape index (κ3) is 5.39. The van der Waals surface area contributed by atoms with Gasteiger partial charge in [0.25, 0.3) is 0 Å². The van der Waals surface area contributed by atoms with E-state index in [0.29, 0.717) is 13.2 Å². The molecule has 7 heteroatoms. The van der Waals surface area contributed by atoms with Crippen molar-refractivity contribution in [3.05, 3.63) is 95.1 Å². The summed E-state index contributed by atoms with van der Waals surface area (Å²) in [5.41, 5.74) is 4.54. The van der Waals surface area contributed by atoms with Gasteiger partial charge in [0.05, 0.1) is 24.2 Å². The SMILES string of the molecule is Cc1noc(C)c1COc1ccc(CC(=O)Nc2cccc(Cn3cccn3)c2)cc1. The van der Waals surface area contributed by atoms with E-state index >= 15 is 0 Å². The minimum Gasteiger partial charge on any atom is -0.489 e. The lowest BCUT2D eigenvalue weighted by Crippen LogP contribution is -2.14. The van der Waals surface area contributed by atoms with Gasteiger partial charge < -0.3 is 14.6 Å². The molecule has 0 aliphatic carbocycles. The normalized spacial score (nSPS) is 10.8. The van der Waals surface area contributed by atoms with Gasteiger partial charge in [-0.15, -0.1) is 0 Å². The van der Waals surface area contributed by atoms with Crippen LogP contribution in [0.15, 0.2) is 71.5 Å². The highest BCUT2D eigenvalue weighted by atomic mass is 16.5. The predicted octanol–water partition coefficient (Wildman–Crippen LogP) is 4.30. The Labute approximate surface area is 180 Å². The molecule has 4 rings (SSSR count). The van der Waals surface area contributed by atoms with Gasteiger partial charge >= 0.3 is 0 Å². The third-order valence-electron chi connectivity index (χ3n) is 4.97. The molecule has 0 saturated carbocycles. The summed E-state index contributed by atoms with van der Waals surface area (Å²) in [6.07, 6.45) is 3.94. The molecule has 2 aromatic heterocycles. The highest BCUT2D eigenvalue weighted by molar-refractivity contribution is 5.92. The van der Waals surface area contributed by atoms with Crippen LogP contribution < -0.4 is 10.1 Å². The number of carbonyl (C=O) groups excluding carboxylic acids is 1. The Kier molecular flexibility index (Phi) is 6.12. The van der Waals surface area contributed by atoms with E-state index in [1.807, 2.05) is 79.3 Å². The van der Waals surface area contributed by atoms with Crippen LogP contribution in [0.5, 0.6) is 5.75 Å². The van der Waals surface area contributed by atoms with Gasteiger partial charge in [-0.1, -0.05) is 29.4 Å². The average molecular weight is 416 g/mol. The molecule has 1 amide bonds. The number of benzene rings is 2. The first-order valence-electron chi connectivity index (χ1n) is 10.1. The fourth-order valence-corrected chi connectivity index (χ4v) is 3.29. The topological polar surface area (TPSA) is 82.2 Å². The van der Waals surface area contributed by atoms with Crippen molar-refractivity contribution in [3.63, 3.8) is 0 Å². The van der Waals surface area contributed by atoms with E-state index in [2.05, 4.69) is 15.6 Å². The molecule has 0 aliphatic heterocycles. The predicted molar refractivity (Wildman–Crippen MR) is 117 cm³/mol. The molecule has 31 heavy (non-hydrogen) atoms. The highest BCUT2D eigenvalue weighted by Crippen LogP contribution is 2.18. The zero-order valence-corrected chi connectivity index (χ0v) is 17.5. The second-order valence-electron chi connectivity index (χ2n) is 7.36. The lowest BCUT2D eigenvalue weighted by atomic mass is 10.1. The zero-order chi connectivity index (χ0) is 21.6. The Hall–Kier alpha value is -3.87. The Bertz CT molecular complexity index is 1130. The number of carbonyl (C=O) groups is 1. The second kappa shape index (κ2) is 9.30. The maximum Gasteiger partial charge on any atom is 0.228 e. The number of anilines is 1. The average Bonchev–Trinajstić information content (AvgIpc) is 3.37. The number of aromatic nitrogens is 3. The van der Waals surface area contributed by atoms with Crippen LogP contribution in [-0.2, 0) is 24.4 Å². The molecule has 2 aromatic carbocycles. The molecule has 0 aliphatic rings. The molecule has 158 valence electrons. The van der Waals surface area contributed by atoms with Crippen molar-refractivity contribution in [2.24, 2.45) is 0 Å². The van der Waals surface area contributed by atoms with Crippen LogP contribution in [-0.4, -0.2) is 20.8 Å². The van der Waals surface area contributed by atoms with Gasteiger partial charge in [0.15, 0.2) is 0 Å². The first-order valence-corrected chi connectivity index (χ1v) is 10.1. The van der Waals surface area contributed by atoms with E-state index in [0.717, 1.165) is 39.6 Å². The fourth-order valence-electron chi connectivity index (χ4n) is 3.29. The Morgan fingerprint density at radius 2 is 1.94 bits per heavy atom. The Balaban J connectivity index is 1.30. The minimum absolute atomic E-state index is 0.0689. The van der Waals surface area contributed by atoms with Crippen LogP contribution >= 0.6 is 0 Å². The molecule has 0 fully saturated rings. The zero-order valence-electron chi connectivity index (χ0n) is 17.5. The summed E-state index contributed by atoms with van der Waals surface area (Å²) in [6.45, 7) is 4.82. The summed E-state index contributed by atoms with van der Waals surface area (Å²) in [4.78, 5) is 12.5. The summed E-state index contributed by atoms with van der Waals surface area (Å²) >= 11 is 0. The van der Waals surface area contributed by atoms with Gasteiger partial charge in [-0.25, -0.2) is 0 Å². The van der Waals surface area contributed by atoms with Crippen molar-refractivity contribution in [2.45, 2.75) is 33.4 Å². The van der Waals surface area contributed by atoms with Crippen LogP contribution in [0.2, 0.25) is 0 Å². The molecule has 7 nitrogen and oxygen atoms in total. The van der Waals surface area contributed by atoms with Crippen molar-refractivity contribution < 1.29 is 14.1 Å². The van der Waals surface area contributed by atoms with E-state index in [1.165, 1.54) is 0 Å². The summed E-state index contributed by atoms with van der Waals surface area (Å²) in [7, 11) is 0. The molecular weight excluding hydrogens is 392 g/mol. The molecular formula is C24H24N4O3. The Morgan fingerprint density at radius 1 is 1.10 bits per heavy atom. The maximum atomic E-state index is 12.5. The molecule has 0 bridgehead atoms. The monoisotopic (exact) mass is 416 g/mol. The molecule has 0 radical (unpaired) electrons. The van der Waals surface area contributed by atoms with Crippen LogP contribution in [0.3, 0.4) is 0 Å². The molecule has 2 heterocycles. The number of rotatable bonds is 8. The summed E-state index contributed by atoms with van der Waals surface area (Å²) < 4.78 is 12.8. The molecule has 4 aromatic rings. The minimum atomic E-state index is -0.0689. The number of nitrogens with one attached hydrogen (secondary N) is 1. The van der Waals surface area contributed by atoms with E-state index in [-0.39, 0.29) is 12.3 Å². The number of aryl methyl sites for hydroxylation is 2. The van der Waals surface area contributed by atoms with E-state index < -0.39 is 0 Å². The quantitative estimate of drug-likeness (QED) is 0.463. The van der Waals surface area contributed by atoms with Crippen LogP contribution in [0, 0.1) is 13.8 Å². The molecule has 0 saturated heterocycles. The van der Waals surface area contributed by atoms with Gasteiger partial charge in [0, 0.05) is 18.1 Å². The number of nitrogens with zero attached hydrogens (tertiary/aromatic N) is 3. The largest absolute Gasteiger partial charge is 0.489 e. The van der Waals surface area contributed by atoms with Crippen molar-refractivity contribution in [1.82, 2.24) is 14.9 Å². The van der Waals surface area contributed by atoms with Gasteiger partial charge in [-0.3, -0.25) is 9.48 Å². The van der Waals surface area contributed by atoms with Gasteiger partial charge in [-0.05, 0) is 55.3 Å². The first-order chi connectivity index (χ1) is 15.1. The van der Waals surface area contributed by atoms with Gasteiger partial charge in [-0.2, -0.15) is 5.10 Å². The van der Waals surface area contributed by atoms with Crippen LogP contribution in [0.25, 0.3) is 0 Å². The van der Waals surface area contributed by atoms with Crippen LogP contribution in [0.1, 0.15) is 28.1 Å². The maximum absolute atomic E-state index is 12.5. The fraction of sp³-hybridized carbons (Fsp3) is 0.208. The number of amides is 1. The summed E-state index contributed by atoms with van der Waals surface area (Å²) in [5.74, 6) is 1.43. The lowest BCUT2D eigenvalue weighted by Gasteiger charge is -2.09. The van der Waals surface area contributed by atoms with E-state index in [4.69, 9.17) is 9.26 Å². The summed E-state index contributed by atoms with van der Waals surface area (Å²) in [5, 5.41) is 11.1. The van der Waals surface area contributed by atoms with Crippen molar-refractivity contribution in [2.75, 3.05) is 5.32 Å². The second-order valence-corrected chi connectivity index (χ2v) is 7.36. The number of hydrogen-bond donors (Lipinski definition) is 1. The molecule has 0 spiro atoms. The molecule has 0 unspecified atom stereocenters. The van der Waals surface area contributed by atoms with E-state index in [1.54, 1.807) is 6.20 Å². The van der Waals surface area contributed by atoms with Crippen molar-refractivity contribution in [1.29, 1.82) is 0 Å². The standard InChI is InChI=1S/C24H24N4O3/c1-17-23(18(2)31-27-17)16-30-22-9-7-19(8-10-22)14-24(29)26-21-6-3-5-20(13-21)15-28-12-4-11-25-28/h3-13H,14-16H2,1-2H3,(H,26,29). The molecule has 0 atom stereocenters. The van der Waals surface area contributed by atoms with Crippen LogP contribution in [0.4, 0.5) is 5.69 Å². The van der Waals surface area contributed by atoms with Gasteiger partial charge in [0.2, 0.25) is 5.91 Å². The van der Waals surface area contributed by atoms with Crippen molar-refractivity contribution in [3.8, 4) is 5.75 Å². The van der Waals surface area contributed by atoms with Gasteiger partial charge in [0.1, 0.15) is 18.1 Å². The number of ether oxygens (including phenoxy) is 1. The lowest BCUT2D eigenvalue weighted by molar-refractivity contribution is -0.115. The number of hydrogen-bond acceptors (Lipinski definition) is 5. The highest BCUT2D eigenvalue weighted by Gasteiger charge is 2.10. The first kappa shape index (κ1) is 20.4. The van der Waals surface area contributed by atoms with Crippen molar-refractivity contribution >= 4 is 11.6 Å². The third-order valence-corrected chi connectivity index (χ3v) is 4.97. The molecule has 1 N–H and O–H groups in total.